The fourth-order valence-electron chi connectivity index (χ4n) is 2.95. The zero-order valence-corrected chi connectivity index (χ0v) is 12.4. The number of carbonyl (C=O) groups is 3. The Morgan fingerprint density at radius 3 is 2.40 bits per heavy atom. The van der Waals surface area contributed by atoms with Crippen LogP contribution in [0, 0.1) is 0 Å². The molecule has 0 radical (unpaired) electrons. The van der Waals surface area contributed by atoms with Gasteiger partial charge in [0.25, 0.3) is 0 Å². The van der Waals surface area contributed by atoms with E-state index in [1.165, 1.54) is 4.90 Å². The molecule has 3 amide bonds. The van der Waals surface area contributed by atoms with Gasteiger partial charge in [-0.05, 0) is 27.2 Å². The van der Waals surface area contributed by atoms with Crippen LogP contribution in [0.5, 0.6) is 0 Å². The van der Waals surface area contributed by atoms with E-state index in [1.807, 2.05) is 25.7 Å². The van der Waals surface area contributed by atoms with Crippen molar-refractivity contribution in [1.82, 2.24) is 15.1 Å². The van der Waals surface area contributed by atoms with Gasteiger partial charge in [-0.25, -0.2) is 0 Å². The van der Waals surface area contributed by atoms with E-state index >= 15 is 0 Å². The summed E-state index contributed by atoms with van der Waals surface area (Å²) < 4.78 is 0. The minimum Gasteiger partial charge on any atom is -0.341 e. The summed E-state index contributed by atoms with van der Waals surface area (Å²) in [6.07, 6.45) is 1.75. The third-order valence-electron chi connectivity index (χ3n) is 3.85. The summed E-state index contributed by atoms with van der Waals surface area (Å²) in [6.45, 7) is 7.01. The number of amides is 3. The molecular formula is C14H23N3O3. The average Bonchev–Trinajstić information content (AvgIpc) is 2.84. The molecule has 2 aliphatic rings. The molecule has 0 aromatic rings. The third kappa shape index (κ3) is 3.00. The highest BCUT2D eigenvalue weighted by atomic mass is 16.2. The monoisotopic (exact) mass is 281 g/mol. The van der Waals surface area contributed by atoms with Gasteiger partial charge in [0.05, 0.1) is 12.5 Å². The highest BCUT2D eigenvalue weighted by Gasteiger charge is 2.40. The summed E-state index contributed by atoms with van der Waals surface area (Å²) in [7, 11) is 0. The number of hydrogen-bond donors (Lipinski definition) is 1. The first-order valence-corrected chi connectivity index (χ1v) is 7.30. The molecule has 1 N–H and O–H groups in total. The van der Waals surface area contributed by atoms with E-state index < -0.39 is 6.04 Å². The van der Waals surface area contributed by atoms with E-state index in [9.17, 15) is 14.4 Å². The average molecular weight is 281 g/mol. The molecular weight excluding hydrogens is 258 g/mol. The summed E-state index contributed by atoms with van der Waals surface area (Å²) in [6, 6.07) is -0.541. The van der Waals surface area contributed by atoms with Crippen LogP contribution in [0.25, 0.3) is 0 Å². The smallest absolute Gasteiger partial charge is 0.247 e. The van der Waals surface area contributed by atoms with Gasteiger partial charge in [0.2, 0.25) is 17.7 Å². The maximum absolute atomic E-state index is 12.2. The highest BCUT2D eigenvalue weighted by Crippen LogP contribution is 2.17. The number of nitrogens with one attached hydrogen (secondary N) is 1. The van der Waals surface area contributed by atoms with E-state index in [0.29, 0.717) is 13.0 Å². The quantitative estimate of drug-likeness (QED) is 0.727. The summed E-state index contributed by atoms with van der Waals surface area (Å²) in [5.41, 5.74) is 0. The molecule has 0 bridgehead atoms. The largest absolute Gasteiger partial charge is 0.341 e. The van der Waals surface area contributed by atoms with Gasteiger partial charge >= 0.3 is 0 Å². The van der Waals surface area contributed by atoms with E-state index in [-0.39, 0.29) is 36.2 Å². The van der Waals surface area contributed by atoms with Crippen molar-refractivity contribution in [3.05, 3.63) is 0 Å². The predicted molar refractivity (Wildman–Crippen MR) is 73.8 cm³/mol. The molecule has 0 aliphatic carbocycles. The van der Waals surface area contributed by atoms with Crippen LogP contribution in [0.2, 0.25) is 0 Å². The van der Waals surface area contributed by atoms with Crippen molar-refractivity contribution in [2.45, 2.75) is 58.2 Å². The van der Waals surface area contributed by atoms with Crippen LogP contribution in [0.3, 0.4) is 0 Å². The lowest BCUT2D eigenvalue weighted by atomic mass is 10.2. The van der Waals surface area contributed by atoms with Crippen molar-refractivity contribution >= 4 is 17.7 Å². The molecule has 2 atom stereocenters. The van der Waals surface area contributed by atoms with Gasteiger partial charge in [0, 0.05) is 31.6 Å². The Kier molecular flexibility index (Phi) is 4.42. The maximum Gasteiger partial charge on any atom is 0.247 e. The number of imide groups is 1. The van der Waals surface area contributed by atoms with Crippen molar-refractivity contribution in [3.63, 3.8) is 0 Å². The first kappa shape index (κ1) is 15.0. The molecule has 2 rings (SSSR count). The fourth-order valence-corrected chi connectivity index (χ4v) is 2.95. The number of rotatable bonds is 5. The van der Waals surface area contributed by atoms with Gasteiger partial charge < -0.3 is 10.2 Å². The first-order chi connectivity index (χ1) is 9.40. The van der Waals surface area contributed by atoms with Crippen molar-refractivity contribution in [2.75, 3.05) is 13.1 Å². The summed E-state index contributed by atoms with van der Waals surface area (Å²) in [5, 5.41) is 3.19. The van der Waals surface area contributed by atoms with Crippen LogP contribution in [0.4, 0.5) is 0 Å². The molecule has 2 heterocycles. The van der Waals surface area contributed by atoms with Gasteiger partial charge in [-0.15, -0.1) is 0 Å². The van der Waals surface area contributed by atoms with Crippen LogP contribution in [0.1, 0.15) is 40.0 Å². The summed E-state index contributed by atoms with van der Waals surface area (Å²) in [5.74, 6) is -0.0900. The van der Waals surface area contributed by atoms with Crippen LogP contribution in [-0.4, -0.2) is 58.7 Å². The van der Waals surface area contributed by atoms with Crippen LogP contribution in [-0.2, 0) is 14.4 Å². The molecule has 2 fully saturated rings. The van der Waals surface area contributed by atoms with Gasteiger partial charge in [0.1, 0.15) is 0 Å². The Bertz CT molecular complexity index is 422. The highest BCUT2D eigenvalue weighted by molar-refractivity contribution is 6.05. The number of nitrogens with zero attached hydrogens (tertiary/aromatic N) is 2. The Balaban J connectivity index is 1.88. The van der Waals surface area contributed by atoms with E-state index in [2.05, 4.69) is 5.32 Å². The van der Waals surface area contributed by atoms with Crippen molar-refractivity contribution < 1.29 is 14.4 Å². The number of likely N-dealkylation sites (tertiary alicyclic amines) is 2. The van der Waals surface area contributed by atoms with Crippen LogP contribution >= 0.6 is 0 Å². The Morgan fingerprint density at radius 1 is 1.20 bits per heavy atom. The molecule has 6 heteroatoms. The minimum atomic E-state index is -0.447. The van der Waals surface area contributed by atoms with Gasteiger partial charge in [0.15, 0.2) is 0 Å². The molecule has 0 spiro atoms. The normalized spacial score (nSPS) is 25.2. The van der Waals surface area contributed by atoms with Crippen molar-refractivity contribution in [1.29, 1.82) is 0 Å². The van der Waals surface area contributed by atoms with Crippen LogP contribution < -0.4 is 5.32 Å². The van der Waals surface area contributed by atoms with E-state index in [1.54, 1.807) is 0 Å². The minimum absolute atomic E-state index is 0.00547. The molecule has 0 aromatic carbocycles. The molecule has 6 nitrogen and oxygen atoms in total. The maximum atomic E-state index is 12.2. The Morgan fingerprint density at radius 2 is 1.90 bits per heavy atom. The SMILES string of the molecule is CC(CN1CCCC1=O)NC1CC(=O)N(C(C)C)C1=O. The van der Waals surface area contributed by atoms with E-state index in [0.717, 1.165) is 13.0 Å². The lowest BCUT2D eigenvalue weighted by molar-refractivity contribution is -0.140. The number of carbonyl (C=O) groups excluding carboxylic acids is 3. The van der Waals surface area contributed by atoms with Gasteiger partial charge in [-0.1, -0.05) is 0 Å². The lowest BCUT2D eigenvalue weighted by Crippen LogP contribution is -2.48. The molecule has 2 saturated heterocycles. The van der Waals surface area contributed by atoms with E-state index in [4.69, 9.17) is 0 Å². The fraction of sp³-hybridized carbons (Fsp3) is 0.786. The summed E-state index contributed by atoms with van der Waals surface area (Å²) >= 11 is 0. The first-order valence-electron chi connectivity index (χ1n) is 7.30. The topological polar surface area (TPSA) is 69.7 Å². The van der Waals surface area contributed by atoms with Crippen LogP contribution in [0.15, 0.2) is 0 Å². The Hall–Kier alpha value is -1.43. The second kappa shape index (κ2) is 5.91. The second-order valence-electron chi connectivity index (χ2n) is 5.96. The third-order valence-corrected chi connectivity index (χ3v) is 3.85. The lowest BCUT2D eigenvalue weighted by Gasteiger charge is -2.24. The zero-order chi connectivity index (χ0) is 14.9. The van der Waals surface area contributed by atoms with Crippen molar-refractivity contribution in [2.24, 2.45) is 0 Å². The molecule has 112 valence electrons. The second-order valence-corrected chi connectivity index (χ2v) is 5.96. The van der Waals surface area contributed by atoms with Crippen molar-refractivity contribution in [3.8, 4) is 0 Å². The summed E-state index contributed by atoms with van der Waals surface area (Å²) in [4.78, 5) is 38.7. The molecule has 20 heavy (non-hydrogen) atoms. The number of hydrogen-bond acceptors (Lipinski definition) is 4. The zero-order valence-electron chi connectivity index (χ0n) is 12.4. The van der Waals surface area contributed by atoms with Gasteiger partial charge in [-0.3, -0.25) is 19.3 Å². The standard InChI is InChI=1S/C14H23N3O3/c1-9(2)17-13(19)7-11(14(17)20)15-10(3)8-16-6-4-5-12(16)18/h9-11,15H,4-8H2,1-3H3. The molecule has 0 aromatic heterocycles. The predicted octanol–water partition coefficient (Wildman–Crippen LogP) is 0.123. The van der Waals surface area contributed by atoms with Gasteiger partial charge in [-0.2, -0.15) is 0 Å². The molecule has 2 unspecified atom stereocenters. The Labute approximate surface area is 119 Å². The molecule has 2 aliphatic heterocycles. The molecule has 0 saturated carbocycles.